The molecule has 0 aromatic rings. The molecule has 0 bridgehead atoms. The molecule has 0 spiro atoms. The Bertz CT molecular complexity index is 32.2. The molecular weight excluding hydrogens is 124 g/mol. The lowest BCUT2D eigenvalue weighted by molar-refractivity contribution is 0.703. The van der Waals surface area contributed by atoms with Crippen molar-refractivity contribution in [3.63, 3.8) is 0 Å². The van der Waals surface area contributed by atoms with Crippen LogP contribution in [0.15, 0.2) is 0 Å². The van der Waals surface area contributed by atoms with Gasteiger partial charge in [0.15, 0.2) is 0 Å². The molecule has 0 aliphatic rings. The Balaban J connectivity index is 0. The van der Waals surface area contributed by atoms with Crippen LogP contribution in [-0.4, -0.2) is 19.6 Å². The largest absolute Gasteiger partial charge is 0.330 e. The lowest BCUT2D eigenvalue weighted by Crippen LogP contribution is -2.12. The molecule has 2 heteroatoms. The molecule has 0 radical (unpaired) electrons. The lowest BCUT2D eigenvalue weighted by Gasteiger charge is -1.91. The van der Waals surface area contributed by atoms with Gasteiger partial charge in [-0.25, -0.2) is 0 Å². The highest BCUT2D eigenvalue weighted by atomic mass is 14.8. The Labute approximate surface area is 65.2 Å². The molecule has 0 aliphatic carbocycles. The van der Waals surface area contributed by atoms with Gasteiger partial charge in [0, 0.05) is 0 Å². The molecular formula is C8H22N2. The molecule has 10 heavy (non-hydrogen) atoms. The Morgan fingerprint density at radius 2 is 1.60 bits per heavy atom. The van der Waals surface area contributed by atoms with Crippen molar-refractivity contribution in [2.24, 2.45) is 5.73 Å². The summed E-state index contributed by atoms with van der Waals surface area (Å²) in [5.74, 6) is 0. The van der Waals surface area contributed by atoms with Gasteiger partial charge in [0.1, 0.15) is 0 Å². The Kier molecular flexibility index (Phi) is 20.1. The minimum Gasteiger partial charge on any atom is -0.330 e. The van der Waals surface area contributed by atoms with E-state index in [4.69, 9.17) is 5.73 Å². The van der Waals surface area contributed by atoms with Gasteiger partial charge in [-0.1, -0.05) is 20.8 Å². The minimum atomic E-state index is 0.819. The number of nitrogens with one attached hydrogen (secondary N) is 1. The molecule has 0 aromatic heterocycles. The summed E-state index contributed by atoms with van der Waals surface area (Å²) in [6.07, 6.45) is 2.34. The number of nitrogens with two attached hydrogens (primary N) is 1. The zero-order valence-corrected chi connectivity index (χ0v) is 7.61. The van der Waals surface area contributed by atoms with Gasteiger partial charge in [0.05, 0.1) is 0 Å². The van der Waals surface area contributed by atoms with E-state index in [0.29, 0.717) is 0 Å². The summed E-state index contributed by atoms with van der Waals surface area (Å²) in [5.41, 5.74) is 5.03. The van der Waals surface area contributed by atoms with E-state index in [2.05, 4.69) is 26.1 Å². The molecule has 0 aromatic carbocycles. The number of rotatable bonds is 4. The SMILES string of the molecule is CCCN.CCCNCC. The fourth-order valence-corrected chi connectivity index (χ4v) is 0.354. The predicted octanol–water partition coefficient (Wildman–Crippen LogP) is 1.36. The van der Waals surface area contributed by atoms with Crippen LogP contribution in [0.4, 0.5) is 0 Å². The normalized spacial score (nSPS) is 8.40. The second kappa shape index (κ2) is 16.0. The number of hydrogen-bond acceptors (Lipinski definition) is 2. The molecule has 0 heterocycles. The molecule has 0 saturated carbocycles. The topological polar surface area (TPSA) is 38.0 Å². The molecule has 0 aliphatic heterocycles. The highest BCUT2D eigenvalue weighted by Gasteiger charge is 1.71. The average molecular weight is 146 g/mol. The van der Waals surface area contributed by atoms with E-state index in [1.165, 1.54) is 6.42 Å². The predicted molar refractivity (Wildman–Crippen MR) is 48.2 cm³/mol. The fraction of sp³-hybridized carbons (Fsp3) is 1.00. The van der Waals surface area contributed by atoms with Gasteiger partial charge in [0.25, 0.3) is 0 Å². The molecule has 3 N–H and O–H groups in total. The third kappa shape index (κ3) is 24.7. The molecule has 0 amide bonds. The summed E-state index contributed by atoms with van der Waals surface area (Å²) >= 11 is 0. The van der Waals surface area contributed by atoms with Crippen molar-refractivity contribution in [1.82, 2.24) is 5.32 Å². The average Bonchev–Trinajstić information content (AvgIpc) is 2.01. The first-order valence-electron chi connectivity index (χ1n) is 4.24. The smallest absolute Gasteiger partial charge is 0.00517 e. The van der Waals surface area contributed by atoms with Crippen LogP contribution in [0.2, 0.25) is 0 Å². The van der Waals surface area contributed by atoms with Crippen LogP contribution in [0.5, 0.6) is 0 Å². The van der Waals surface area contributed by atoms with Crippen molar-refractivity contribution in [3.05, 3.63) is 0 Å². The summed E-state index contributed by atoms with van der Waals surface area (Å²) in [4.78, 5) is 0. The van der Waals surface area contributed by atoms with Crippen LogP contribution in [0, 0.1) is 0 Å². The van der Waals surface area contributed by atoms with Gasteiger partial charge in [-0.2, -0.15) is 0 Å². The quantitative estimate of drug-likeness (QED) is 0.588. The summed E-state index contributed by atoms with van der Waals surface area (Å²) in [6.45, 7) is 9.43. The molecule has 0 fully saturated rings. The van der Waals surface area contributed by atoms with Crippen LogP contribution >= 0.6 is 0 Å². The fourth-order valence-electron chi connectivity index (χ4n) is 0.354. The van der Waals surface area contributed by atoms with Gasteiger partial charge in [-0.05, 0) is 32.5 Å². The molecule has 64 valence electrons. The summed E-state index contributed by atoms with van der Waals surface area (Å²) < 4.78 is 0. The van der Waals surface area contributed by atoms with E-state index in [9.17, 15) is 0 Å². The van der Waals surface area contributed by atoms with E-state index in [1.807, 2.05) is 0 Å². The van der Waals surface area contributed by atoms with E-state index in [0.717, 1.165) is 26.1 Å². The third-order valence-corrected chi connectivity index (χ3v) is 0.965. The Hall–Kier alpha value is -0.0800. The molecule has 0 atom stereocenters. The van der Waals surface area contributed by atoms with E-state index >= 15 is 0 Å². The van der Waals surface area contributed by atoms with Crippen molar-refractivity contribution in [2.75, 3.05) is 19.6 Å². The Morgan fingerprint density at radius 1 is 1.10 bits per heavy atom. The van der Waals surface area contributed by atoms with E-state index < -0.39 is 0 Å². The first kappa shape index (κ1) is 12.6. The van der Waals surface area contributed by atoms with Crippen molar-refractivity contribution < 1.29 is 0 Å². The maximum Gasteiger partial charge on any atom is -0.00517 e. The van der Waals surface area contributed by atoms with Gasteiger partial charge in [0.2, 0.25) is 0 Å². The second-order valence-corrected chi connectivity index (χ2v) is 2.14. The Morgan fingerprint density at radius 3 is 1.70 bits per heavy atom. The highest BCUT2D eigenvalue weighted by Crippen LogP contribution is 1.65. The van der Waals surface area contributed by atoms with E-state index in [1.54, 1.807) is 0 Å². The second-order valence-electron chi connectivity index (χ2n) is 2.14. The van der Waals surface area contributed by atoms with Gasteiger partial charge >= 0.3 is 0 Å². The van der Waals surface area contributed by atoms with Crippen molar-refractivity contribution >= 4 is 0 Å². The minimum absolute atomic E-state index is 0.819. The van der Waals surface area contributed by atoms with Gasteiger partial charge < -0.3 is 11.1 Å². The zero-order chi connectivity index (χ0) is 8.24. The van der Waals surface area contributed by atoms with Crippen LogP contribution < -0.4 is 11.1 Å². The number of hydrogen-bond donors (Lipinski definition) is 2. The maximum atomic E-state index is 5.03. The summed E-state index contributed by atoms with van der Waals surface area (Å²) in [6, 6.07) is 0. The molecule has 0 saturated heterocycles. The van der Waals surface area contributed by atoms with E-state index in [-0.39, 0.29) is 0 Å². The summed E-state index contributed by atoms with van der Waals surface area (Å²) in [5, 5.41) is 3.20. The monoisotopic (exact) mass is 146 g/mol. The highest BCUT2D eigenvalue weighted by molar-refractivity contribution is 4.35. The first-order valence-corrected chi connectivity index (χ1v) is 4.24. The first-order chi connectivity index (χ1) is 4.83. The molecule has 0 rings (SSSR count). The van der Waals surface area contributed by atoms with Gasteiger partial charge in [-0.15, -0.1) is 0 Å². The van der Waals surface area contributed by atoms with Crippen LogP contribution in [0.25, 0.3) is 0 Å². The molecule has 2 nitrogen and oxygen atoms in total. The third-order valence-electron chi connectivity index (χ3n) is 0.965. The van der Waals surface area contributed by atoms with Crippen LogP contribution in [0.1, 0.15) is 33.6 Å². The lowest BCUT2D eigenvalue weighted by atomic mass is 10.5. The summed E-state index contributed by atoms with van der Waals surface area (Å²) in [7, 11) is 0. The zero-order valence-electron chi connectivity index (χ0n) is 7.61. The standard InChI is InChI=1S/C5H13N.C3H9N/c1-3-5-6-4-2;1-2-3-4/h6H,3-5H2,1-2H3;2-4H2,1H3. The maximum absolute atomic E-state index is 5.03. The van der Waals surface area contributed by atoms with Crippen LogP contribution in [-0.2, 0) is 0 Å². The van der Waals surface area contributed by atoms with Crippen LogP contribution in [0.3, 0.4) is 0 Å². The van der Waals surface area contributed by atoms with Gasteiger partial charge in [-0.3, -0.25) is 0 Å². The van der Waals surface area contributed by atoms with Crippen molar-refractivity contribution in [3.8, 4) is 0 Å². The van der Waals surface area contributed by atoms with Crippen molar-refractivity contribution in [2.45, 2.75) is 33.6 Å². The molecule has 0 unspecified atom stereocenters. The van der Waals surface area contributed by atoms with Crippen molar-refractivity contribution in [1.29, 1.82) is 0 Å².